The number of ether oxygens (including phenoxy) is 1. The summed E-state index contributed by atoms with van der Waals surface area (Å²) in [6.45, 7) is 9.72. The molecule has 1 amide bonds. The number of phenols is 1. The van der Waals surface area contributed by atoms with Crippen LogP contribution in [0, 0.1) is 5.92 Å². The van der Waals surface area contributed by atoms with E-state index >= 15 is 0 Å². The van der Waals surface area contributed by atoms with E-state index in [9.17, 15) is 9.90 Å². The second-order valence-electron chi connectivity index (χ2n) is 7.28. The molecule has 1 heterocycles. The molecule has 1 aromatic carbocycles. The third kappa shape index (κ3) is 5.13. The van der Waals surface area contributed by atoms with Crippen LogP contribution >= 0.6 is 0 Å². The lowest BCUT2D eigenvalue weighted by atomic mass is 9.81. The van der Waals surface area contributed by atoms with Gasteiger partial charge in [0.15, 0.2) is 0 Å². The zero-order valence-electron chi connectivity index (χ0n) is 14.5. The van der Waals surface area contributed by atoms with E-state index in [-0.39, 0.29) is 5.75 Å². The van der Waals surface area contributed by atoms with Crippen molar-refractivity contribution in [3.05, 3.63) is 23.8 Å². The highest BCUT2D eigenvalue weighted by Gasteiger charge is 2.22. The number of anilines is 1. The number of nitrogens with one attached hydrogen (secondary N) is 2. The maximum absolute atomic E-state index is 11.8. The fourth-order valence-electron chi connectivity index (χ4n) is 2.97. The van der Waals surface area contributed by atoms with Crippen LogP contribution in [0.2, 0.25) is 0 Å². The van der Waals surface area contributed by atoms with Crippen LogP contribution in [0.25, 0.3) is 0 Å². The van der Waals surface area contributed by atoms with Crippen molar-refractivity contribution < 1.29 is 14.6 Å². The lowest BCUT2D eigenvalue weighted by molar-refractivity contribution is 0.0635. The molecular formula is C18H28N2O3. The van der Waals surface area contributed by atoms with Crippen molar-refractivity contribution in [3.8, 4) is 5.75 Å². The van der Waals surface area contributed by atoms with E-state index in [0.29, 0.717) is 17.5 Å². The number of phenolic OH excluding ortho intramolecular Hbond substituents is 1. The lowest BCUT2D eigenvalue weighted by Crippen LogP contribution is -2.30. The molecule has 0 bridgehead atoms. The van der Waals surface area contributed by atoms with Crippen LogP contribution in [0.3, 0.4) is 0 Å². The van der Waals surface area contributed by atoms with E-state index < -0.39 is 11.7 Å². The number of aromatic hydroxyl groups is 1. The highest BCUT2D eigenvalue weighted by molar-refractivity contribution is 5.86. The Labute approximate surface area is 138 Å². The molecule has 0 aliphatic carbocycles. The minimum atomic E-state index is -0.566. The Morgan fingerprint density at radius 3 is 2.57 bits per heavy atom. The molecule has 1 aliphatic rings. The third-order valence-electron chi connectivity index (χ3n) is 4.27. The minimum Gasteiger partial charge on any atom is -0.506 e. The maximum Gasteiger partial charge on any atom is 0.412 e. The standard InChI is InChI=1S/C18H28N2O3/c1-12(13-7-9-19-10-8-13)14-5-6-15(16(21)11-14)20-17(22)23-18(2,3)4/h5-6,11-13,19,21H,7-10H2,1-4H3,(H,20,22). The van der Waals surface area contributed by atoms with Crippen molar-refractivity contribution in [3.63, 3.8) is 0 Å². The molecular weight excluding hydrogens is 292 g/mol. The zero-order valence-corrected chi connectivity index (χ0v) is 14.5. The van der Waals surface area contributed by atoms with Crippen molar-refractivity contribution in [2.75, 3.05) is 18.4 Å². The van der Waals surface area contributed by atoms with Crippen molar-refractivity contribution in [2.24, 2.45) is 5.92 Å². The highest BCUT2D eigenvalue weighted by atomic mass is 16.6. The van der Waals surface area contributed by atoms with Crippen LogP contribution in [-0.2, 0) is 4.74 Å². The first-order valence-electron chi connectivity index (χ1n) is 8.30. The molecule has 0 aromatic heterocycles. The van der Waals surface area contributed by atoms with Gasteiger partial charge in [-0.3, -0.25) is 5.32 Å². The van der Waals surface area contributed by atoms with Crippen LogP contribution in [0.15, 0.2) is 18.2 Å². The quantitative estimate of drug-likeness (QED) is 0.740. The van der Waals surface area contributed by atoms with Gasteiger partial charge in [0.25, 0.3) is 0 Å². The Kier molecular flexibility index (Phi) is 5.52. The smallest absolute Gasteiger partial charge is 0.412 e. The molecule has 5 nitrogen and oxygen atoms in total. The van der Waals surface area contributed by atoms with Gasteiger partial charge in [-0.2, -0.15) is 0 Å². The highest BCUT2D eigenvalue weighted by Crippen LogP contribution is 2.34. The summed E-state index contributed by atoms with van der Waals surface area (Å²) in [5.41, 5.74) is 0.910. The van der Waals surface area contributed by atoms with Crippen molar-refractivity contribution in [1.29, 1.82) is 0 Å². The van der Waals surface area contributed by atoms with E-state index in [0.717, 1.165) is 31.5 Å². The average molecular weight is 320 g/mol. The molecule has 5 heteroatoms. The predicted molar refractivity (Wildman–Crippen MR) is 92.0 cm³/mol. The lowest BCUT2D eigenvalue weighted by Gasteiger charge is -2.28. The van der Waals surface area contributed by atoms with Gasteiger partial charge in [0.2, 0.25) is 0 Å². The monoisotopic (exact) mass is 320 g/mol. The van der Waals surface area contributed by atoms with Crippen LogP contribution < -0.4 is 10.6 Å². The predicted octanol–water partition coefficient (Wildman–Crippen LogP) is 3.84. The third-order valence-corrected chi connectivity index (χ3v) is 4.27. The number of rotatable bonds is 3. The molecule has 2 rings (SSSR count). The first kappa shape index (κ1) is 17.6. The van der Waals surface area contributed by atoms with E-state index in [1.165, 1.54) is 0 Å². The van der Waals surface area contributed by atoms with Gasteiger partial charge >= 0.3 is 6.09 Å². The molecule has 0 radical (unpaired) electrons. The summed E-state index contributed by atoms with van der Waals surface area (Å²) in [6.07, 6.45) is 1.74. The topological polar surface area (TPSA) is 70.6 Å². The maximum atomic E-state index is 11.8. The molecule has 1 atom stereocenters. The Balaban J connectivity index is 2.03. The first-order chi connectivity index (χ1) is 10.8. The molecule has 1 saturated heterocycles. The van der Waals surface area contributed by atoms with Crippen LogP contribution in [0.4, 0.5) is 10.5 Å². The van der Waals surface area contributed by atoms with Crippen molar-refractivity contribution >= 4 is 11.8 Å². The first-order valence-corrected chi connectivity index (χ1v) is 8.30. The van der Waals surface area contributed by atoms with Gasteiger partial charge in [-0.1, -0.05) is 13.0 Å². The molecule has 23 heavy (non-hydrogen) atoms. The van der Waals surface area contributed by atoms with Gasteiger partial charge in [0.1, 0.15) is 11.4 Å². The summed E-state index contributed by atoms with van der Waals surface area (Å²) in [6, 6.07) is 5.46. The fourth-order valence-corrected chi connectivity index (χ4v) is 2.97. The summed E-state index contributed by atoms with van der Waals surface area (Å²) in [7, 11) is 0. The summed E-state index contributed by atoms with van der Waals surface area (Å²) in [5.74, 6) is 1.09. The molecule has 1 aliphatic heterocycles. The van der Waals surface area contributed by atoms with Gasteiger partial charge in [0.05, 0.1) is 5.69 Å². The summed E-state index contributed by atoms with van der Waals surface area (Å²) in [5, 5.41) is 16.2. The van der Waals surface area contributed by atoms with Gasteiger partial charge in [-0.05, 0) is 76.2 Å². The average Bonchev–Trinajstić information content (AvgIpc) is 2.47. The number of hydrogen-bond donors (Lipinski definition) is 3. The van der Waals surface area contributed by atoms with Gasteiger partial charge < -0.3 is 15.2 Å². The molecule has 0 saturated carbocycles. The van der Waals surface area contributed by atoms with E-state index in [1.807, 2.05) is 6.07 Å². The number of piperidine rings is 1. The van der Waals surface area contributed by atoms with Crippen molar-refractivity contribution in [2.45, 2.75) is 52.1 Å². The summed E-state index contributed by atoms with van der Waals surface area (Å²) < 4.78 is 5.20. The molecule has 3 N–H and O–H groups in total. The van der Waals surface area contributed by atoms with E-state index in [1.54, 1.807) is 32.9 Å². The largest absolute Gasteiger partial charge is 0.506 e. The van der Waals surface area contributed by atoms with E-state index in [4.69, 9.17) is 4.74 Å². The minimum absolute atomic E-state index is 0.0779. The van der Waals surface area contributed by atoms with Gasteiger partial charge in [0, 0.05) is 0 Å². The Morgan fingerprint density at radius 1 is 1.35 bits per heavy atom. The Hall–Kier alpha value is -1.75. The fraction of sp³-hybridized carbons (Fsp3) is 0.611. The number of benzene rings is 1. The summed E-state index contributed by atoms with van der Waals surface area (Å²) in [4.78, 5) is 11.8. The molecule has 128 valence electrons. The Bertz CT molecular complexity index is 546. The summed E-state index contributed by atoms with van der Waals surface area (Å²) >= 11 is 0. The van der Waals surface area contributed by atoms with Crippen LogP contribution in [0.5, 0.6) is 5.75 Å². The normalized spacial score (nSPS) is 17.6. The number of amides is 1. The zero-order chi connectivity index (χ0) is 17.0. The SMILES string of the molecule is CC(c1ccc(NC(=O)OC(C)(C)C)c(O)c1)C1CCNCC1. The molecule has 1 fully saturated rings. The Morgan fingerprint density at radius 2 is 2.00 bits per heavy atom. The molecule has 0 spiro atoms. The van der Waals surface area contributed by atoms with Gasteiger partial charge in [-0.15, -0.1) is 0 Å². The molecule has 1 unspecified atom stereocenters. The number of carbonyl (C=O) groups excluding carboxylic acids is 1. The second kappa shape index (κ2) is 7.21. The second-order valence-corrected chi connectivity index (χ2v) is 7.28. The van der Waals surface area contributed by atoms with Crippen LogP contribution in [-0.4, -0.2) is 29.9 Å². The van der Waals surface area contributed by atoms with Crippen LogP contribution in [0.1, 0.15) is 52.0 Å². The van der Waals surface area contributed by atoms with Crippen molar-refractivity contribution in [1.82, 2.24) is 5.32 Å². The molecule has 1 aromatic rings. The van der Waals surface area contributed by atoms with Gasteiger partial charge in [-0.25, -0.2) is 4.79 Å². The number of hydrogen-bond acceptors (Lipinski definition) is 4. The van der Waals surface area contributed by atoms with E-state index in [2.05, 4.69) is 17.6 Å². The number of carbonyl (C=O) groups is 1.